The van der Waals surface area contributed by atoms with E-state index in [0.29, 0.717) is 41.9 Å². The number of nitrogen functional groups attached to an aromatic ring is 1. The minimum absolute atomic E-state index is 0.0841. The predicted molar refractivity (Wildman–Crippen MR) is 124 cm³/mol. The molecule has 31 heavy (non-hydrogen) atoms. The average Bonchev–Trinajstić information content (AvgIpc) is 3.51. The molecule has 0 aliphatic heterocycles. The number of aromatic nitrogens is 4. The normalized spacial score (nSPS) is 13.8. The van der Waals surface area contributed by atoms with E-state index in [0.717, 1.165) is 25.1 Å². The van der Waals surface area contributed by atoms with Crippen molar-refractivity contribution in [2.75, 3.05) is 12.3 Å². The van der Waals surface area contributed by atoms with Crippen molar-refractivity contribution in [1.29, 1.82) is 0 Å². The fourth-order valence-corrected chi connectivity index (χ4v) is 4.78. The highest BCUT2D eigenvalue weighted by Crippen LogP contribution is 2.44. The molecule has 0 atom stereocenters. The standard InChI is InChI=1S/C22H27ClFN5OSi/c1-31(2)12-4-11-30-13-29-20(17-9-10-26-22(23)27-17)19(28-21(29)14-7-8-14)15-5-3-6-16(25)18(15)24/h3,5-6,9-10,14,31H,4,7-8,11-13,25H2,1-2H3. The van der Waals surface area contributed by atoms with Crippen molar-refractivity contribution >= 4 is 26.1 Å². The number of hydrogen-bond acceptors (Lipinski definition) is 5. The van der Waals surface area contributed by atoms with Gasteiger partial charge in [0, 0.05) is 33.1 Å². The van der Waals surface area contributed by atoms with Gasteiger partial charge in [0.2, 0.25) is 5.28 Å². The predicted octanol–water partition coefficient (Wildman–Crippen LogP) is 5.11. The zero-order chi connectivity index (χ0) is 22.0. The average molecular weight is 460 g/mol. The molecule has 0 amide bonds. The number of hydrogen-bond donors (Lipinski definition) is 1. The highest BCUT2D eigenvalue weighted by Gasteiger charge is 2.33. The van der Waals surface area contributed by atoms with E-state index in [1.54, 1.807) is 30.5 Å². The molecule has 2 aromatic heterocycles. The van der Waals surface area contributed by atoms with Crippen LogP contribution in [0.5, 0.6) is 0 Å². The topological polar surface area (TPSA) is 78.9 Å². The van der Waals surface area contributed by atoms with Crippen molar-refractivity contribution in [3.63, 3.8) is 0 Å². The summed E-state index contributed by atoms with van der Waals surface area (Å²) in [6.07, 6.45) is 4.74. The van der Waals surface area contributed by atoms with E-state index in [4.69, 9.17) is 27.1 Å². The molecule has 1 saturated carbocycles. The van der Waals surface area contributed by atoms with Crippen LogP contribution < -0.4 is 5.73 Å². The molecular weight excluding hydrogens is 433 g/mol. The molecule has 0 bridgehead atoms. The molecule has 0 spiro atoms. The van der Waals surface area contributed by atoms with E-state index in [2.05, 4.69) is 23.1 Å². The van der Waals surface area contributed by atoms with E-state index < -0.39 is 14.6 Å². The van der Waals surface area contributed by atoms with Crippen molar-refractivity contribution in [2.24, 2.45) is 0 Å². The number of anilines is 1. The van der Waals surface area contributed by atoms with Crippen molar-refractivity contribution in [1.82, 2.24) is 19.5 Å². The summed E-state index contributed by atoms with van der Waals surface area (Å²) in [6.45, 7) is 5.69. The summed E-state index contributed by atoms with van der Waals surface area (Å²) < 4.78 is 23.0. The van der Waals surface area contributed by atoms with Gasteiger partial charge in [-0.2, -0.15) is 0 Å². The largest absolute Gasteiger partial charge is 0.396 e. The molecule has 4 rings (SSSR count). The maximum Gasteiger partial charge on any atom is 0.222 e. The van der Waals surface area contributed by atoms with Gasteiger partial charge in [0.25, 0.3) is 0 Å². The van der Waals surface area contributed by atoms with Gasteiger partial charge in [-0.15, -0.1) is 0 Å². The second-order valence-electron chi connectivity index (χ2n) is 8.36. The lowest BCUT2D eigenvalue weighted by molar-refractivity contribution is 0.0765. The maximum absolute atomic E-state index is 15.0. The Bertz CT molecular complexity index is 1070. The van der Waals surface area contributed by atoms with Gasteiger partial charge >= 0.3 is 0 Å². The number of halogens is 2. The van der Waals surface area contributed by atoms with Crippen LogP contribution >= 0.6 is 11.6 Å². The smallest absolute Gasteiger partial charge is 0.222 e. The third-order valence-corrected chi connectivity index (χ3v) is 7.13. The Morgan fingerprint density at radius 1 is 1.26 bits per heavy atom. The van der Waals surface area contributed by atoms with E-state index in [9.17, 15) is 4.39 Å². The molecular formula is C22H27ClFN5OSi. The molecule has 2 N–H and O–H groups in total. The molecule has 0 radical (unpaired) electrons. The van der Waals surface area contributed by atoms with Gasteiger partial charge in [0.05, 0.1) is 17.1 Å². The Kier molecular flexibility index (Phi) is 6.69. The van der Waals surface area contributed by atoms with Crippen LogP contribution in [0.1, 0.15) is 31.0 Å². The van der Waals surface area contributed by atoms with Crippen LogP contribution in [-0.2, 0) is 11.5 Å². The monoisotopic (exact) mass is 459 g/mol. The van der Waals surface area contributed by atoms with Gasteiger partial charge in [-0.1, -0.05) is 25.2 Å². The second-order valence-corrected chi connectivity index (χ2v) is 12.1. The molecule has 3 aromatic rings. The summed E-state index contributed by atoms with van der Waals surface area (Å²) in [6, 6.07) is 7.96. The number of rotatable bonds is 9. The third-order valence-electron chi connectivity index (χ3n) is 5.38. The fraction of sp³-hybridized carbons (Fsp3) is 0.409. The van der Waals surface area contributed by atoms with Crippen molar-refractivity contribution in [3.8, 4) is 22.6 Å². The highest BCUT2D eigenvalue weighted by molar-refractivity contribution is 6.55. The second kappa shape index (κ2) is 9.46. The molecule has 1 aromatic carbocycles. The summed E-state index contributed by atoms with van der Waals surface area (Å²) in [5, 5.41) is 0.125. The van der Waals surface area contributed by atoms with Gasteiger partial charge < -0.3 is 15.0 Å². The van der Waals surface area contributed by atoms with Crippen LogP contribution in [0.25, 0.3) is 22.6 Å². The summed E-state index contributed by atoms with van der Waals surface area (Å²) in [5.74, 6) is 0.735. The van der Waals surface area contributed by atoms with Gasteiger partial charge in [-0.05, 0) is 49.1 Å². The molecule has 0 unspecified atom stereocenters. The van der Waals surface area contributed by atoms with Crippen LogP contribution in [-0.4, -0.2) is 34.9 Å². The number of nitrogens with two attached hydrogens (primary N) is 1. The molecule has 0 saturated heterocycles. The van der Waals surface area contributed by atoms with E-state index in [-0.39, 0.29) is 11.0 Å². The third kappa shape index (κ3) is 4.97. The van der Waals surface area contributed by atoms with E-state index in [1.165, 1.54) is 6.04 Å². The number of nitrogens with zero attached hydrogens (tertiary/aromatic N) is 4. The SMILES string of the molecule is C[SiH](C)CCCOCn1c(C2CC2)nc(-c2cccc(N)c2F)c1-c1ccnc(Cl)n1. The summed E-state index contributed by atoms with van der Waals surface area (Å²) >= 11 is 6.09. The summed E-state index contributed by atoms with van der Waals surface area (Å²) in [7, 11) is -0.600. The first-order valence-electron chi connectivity index (χ1n) is 10.7. The number of ether oxygens (including phenoxy) is 1. The molecule has 2 heterocycles. The lowest BCUT2D eigenvalue weighted by Crippen LogP contribution is -2.10. The molecule has 164 valence electrons. The Labute approximate surface area is 188 Å². The molecule has 6 nitrogen and oxygen atoms in total. The fourth-order valence-electron chi connectivity index (χ4n) is 3.65. The maximum atomic E-state index is 15.0. The Hall–Kier alpha value is -2.29. The first-order chi connectivity index (χ1) is 15.0. The Morgan fingerprint density at radius 3 is 2.77 bits per heavy atom. The molecule has 1 aliphatic rings. The quantitative estimate of drug-likeness (QED) is 0.208. The van der Waals surface area contributed by atoms with E-state index >= 15 is 0 Å². The van der Waals surface area contributed by atoms with Gasteiger partial charge in [-0.3, -0.25) is 0 Å². The van der Waals surface area contributed by atoms with Crippen LogP contribution in [0.15, 0.2) is 30.5 Å². The van der Waals surface area contributed by atoms with E-state index in [1.807, 2.05) is 4.57 Å². The zero-order valence-electron chi connectivity index (χ0n) is 17.8. The summed E-state index contributed by atoms with van der Waals surface area (Å²) in [4.78, 5) is 13.3. The summed E-state index contributed by atoms with van der Waals surface area (Å²) in [5.41, 5.74) is 8.03. The van der Waals surface area contributed by atoms with Crippen molar-refractivity contribution in [3.05, 3.63) is 47.4 Å². The first-order valence-corrected chi connectivity index (χ1v) is 14.2. The van der Waals surface area contributed by atoms with Crippen molar-refractivity contribution in [2.45, 2.75) is 51.0 Å². The number of imidazole rings is 1. The van der Waals surface area contributed by atoms with Crippen LogP contribution in [0, 0.1) is 5.82 Å². The Balaban J connectivity index is 1.78. The lowest BCUT2D eigenvalue weighted by Gasteiger charge is -2.14. The van der Waals surface area contributed by atoms with Gasteiger partial charge in [-0.25, -0.2) is 19.3 Å². The molecule has 1 fully saturated rings. The number of benzene rings is 1. The minimum atomic E-state index is -0.600. The Morgan fingerprint density at radius 2 is 2.06 bits per heavy atom. The minimum Gasteiger partial charge on any atom is -0.396 e. The van der Waals surface area contributed by atoms with Crippen molar-refractivity contribution < 1.29 is 9.13 Å². The first kappa shape index (κ1) is 21.9. The van der Waals surface area contributed by atoms with Gasteiger partial charge in [0.15, 0.2) is 5.82 Å². The molecule has 1 aliphatic carbocycles. The lowest BCUT2D eigenvalue weighted by atomic mass is 10.1. The van der Waals surface area contributed by atoms with Crippen LogP contribution in [0.2, 0.25) is 24.4 Å². The molecule has 9 heteroatoms. The zero-order valence-corrected chi connectivity index (χ0v) is 19.7. The van der Waals surface area contributed by atoms with Crippen LogP contribution in [0.4, 0.5) is 10.1 Å². The van der Waals surface area contributed by atoms with Crippen LogP contribution in [0.3, 0.4) is 0 Å². The van der Waals surface area contributed by atoms with Gasteiger partial charge in [0.1, 0.15) is 18.2 Å². The highest BCUT2D eigenvalue weighted by atomic mass is 35.5.